The molecular formula is C15H30OSi. The first-order valence-corrected chi connectivity index (χ1v) is 9.94. The third-order valence-corrected chi connectivity index (χ3v) is 9.11. The third-order valence-electron chi connectivity index (χ3n) is 4.56. The minimum atomic E-state index is -1.65. The monoisotopic (exact) mass is 254 g/mol. The van der Waals surface area contributed by atoms with Crippen molar-refractivity contribution in [1.29, 1.82) is 0 Å². The van der Waals surface area contributed by atoms with E-state index in [0.29, 0.717) is 5.04 Å². The first-order chi connectivity index (χ1) is 7.72. The van der Waals surface area contributed by atoms with E-state index in [4.69, 9.17) is 4.43 Å². The molecule has 0 saturated heterocycles. The number of hydrogen-bond donors (Lipinski definition) is 0. The Morgan fingerprint density at radius 2 is 1.71 bits per heavy atom. The van der Waals surface area contributed by atoms with Crippen LogP contribution in [0.4, 0.5) is 0 Å². The summed E-state index contributed by atoms with van der Waals surface area (Å²) < 4.78 is 6.74. The van der Waals surface area contributed by atoms with E-state index in [1.807, 2.05) is 0 Å². The standard InChI is InChI=1S/C15H30OSi/c1-7-11-15(12-9-8-10-13-15)16-17(5,6)14(2,3)4/h7H,1,8-13H2,2-6H3. The second kappa shape index (κ2) is 5.27. The summed E-state index contributed by atoms with van der Waals surface area (Å²) in [6.45, 7) is 15.6. The molecule has 0 radical (unpaired) electrons. The van der Waals surface area contributed by atoms with E-state index in [1.54, 1.807) is 0 Å². The zero-order valence-electron chi connectivity index (χ0n) is 12.4. The van der Waals surface area contributed by atoms with Crippen LogP contribution in [0.1, 0.15) is 59.3 Å². The summed E-state index contributed by atoms with van der Waals surface area (Å²) >= 11 is 0. The molecule has 0 heterocycles. The first kappa shape index (κ1) is 15.0. The predicted octanol–water partition coefficient (Wildman–Crippen LogP) is 5.29. The maximum atomic E-state index is 6.74. The van der Waals surface area contributed by atoms with Gasteiger partial charge in [0.1, 0.15) is 0 Å². The van der Waals surface area contributed by atoms with Gasteiger partial charge in [0.25, 0.3) is 0 Å². The summed E-state index contributed by atoms with van der Waals surface area (Å²) in [5, 5.41) is 0.304. The minimum Gasteiger partial charge on any atom is -0.411 e. The summed E-state index contributed by atoms with van der Waals surface area (Å²) in [7, 11) is -1.65. The molecule has 0 amide bonds. The quantitative estimate of drug-likeness (QED) is 0.489. The molecule has 0 aromatic rings. The molecule has 0 bridgehead atoms. The molecule has 0 unspecified atom stereocenters. The average Bonchev–Trinajstić information content (AvgIpc) is 2.16. The lowest BCUT2D eigenvalue weighted by atomic mass is 9.83. The van der Waals surface area contributed by atoms with Gasteiger partial charge in [0.05, 0.1) is 5.60 Å². The van der Waals surface area contributed by atoms with Crippen molar-refractivity contribution in [2.75, 3.05) is 0 Å². The van der Waals surface area contributed by atoms with Gasteiger partial charge < -0.3 is 4.43 Å². The van der Waals surface area contributed by atoms with Crippen LogP contribution in [0, 0.1) is 0 Å². The Kier molecular flexibility index (Phi) is 4.65. The van der Waals surface area contributed by atoms with Gasteiger partial charge in [0.15, 0.2) is 8.32 Å². The molecule has 1 aliphatic rings. The molecule has 1 rings (SSSR count). The molecule has 0 aliphatic heterocycles. The fraction of sp³-hybridized carbons (Fsp3) is 0.867. The van der Waals surface area contributed by atoms with E-state index in [1.165, 1.54) is 32.1 Å². The fourth-order valence-corrected chi connectivity index (χ4v) is 4.18. The maximum absolute atomic E-state index is 6.74. The second-order valence-electron chi connectivity index (χ2n) is 7.10. The Bertz CT molecular complexity index is 257. The van der Waals surface area contributed by atoms with Crippen molar-refractivity contribution in [3.63, 3.8) is 0 Å². The van der Waals surface area contributed by atoms with Crippen LogP contribution in [0.15, 0.2) is 12.7 Å². The highest BCUT2D eigenvalue weighted by molar-refractivity contribution is 6.74. The molecule has 0 N–H and O–H groups in total. The Morgan fingerprint density at radius 1 is 1.18 bits per heavy atom. The maximum Gasteiger partial charge on any atom is 0.192 e. The van der Waals surface area contributed by atoms with Crippen molar-refractivity contribution in [2.45, 2.75) is 83.0 Å². The Morgan fingerprint density at radius 3 is 2.12 bits per heavy atom. The number of rotatable bonds is 4. The lowest BCUT2D eigenvalue weighted by Gasteiger charge is -2.47. The number of hydrogen-bond acceptors (Lipinski definition) is 1. The summed E-state index contributed by atoms with van der Waals surface area (Å²) in [4.78, 5) is 0. The molecule has 17 heavy (non-hydrogen) atoms. The van der Waals surface area contributed by atoms with Crippen LogP contribution in [0.25, 0.3) is 0 Å². The van der Waals surface area contributed by atoms with Gasteiger partial charge in [0, 0.05) is 0 Å². The van der Waals surface area contributed by atoms with Crippen LogP contribution in [-0.4, -0.2) is 13.9 Å². The van der Waals surface area contributed by atoms with Crippen molar-refractivity contribution in [2.24, 2.45) is 0 Å². The van der Waals surface area contributed by atoms with Crippen molar-refractivity contribution in [1.82, 2.24) is 0 Å². The van der Waals surface area contributed by atoms with Gasteiger partial charge in [-0.25, -0.2) is 0 Å². The summed E-state index contributed by atoms with van der Waals surface area (Å²) in [5.74, 6) is 0. The molecule has 0 spiro atoms. The Labute approximate surface area is 109 Å². The topological polar surface area (TPSA) is 9.23 Å². The molecular weight excluding hydrogens is 224 g/mol. The van der Waals surface area contributed by atoms with Crippen LogP contribution >= 0.6 is 0 Å². The smallest absolute Gasteiger partial charge is 0.192 e. The average molecular weight is 254 g/mol. The summed E-state index contributed by atoms with van der Waals surface area (Å²) in [6.07, 6.45) is 9.56. The van der Waals surface area contributed by atoms with Gasteiger partial charge in [-0.1, -0.05) is 46.1 Å². The molecule has 1 aliphatic carbocycles. The van der Waals surface area contributed by atoms with E-state index < -0.39 is 8.32 Å². The summed E-state index contributed by atoms with van der Waals surface area (Å²) in [6, 6.07) is 0. The molecule has 100 valence electrons. The first-order valence-electron chi connectivity index (χ1n) is 7.04. The molecule has 2 heteroatoms. The van der Waals surface area contributed by atoms with Gasteiger partial charge in [-0.2, -0.15) is 0 Å². The lowest BCUT2D eigenvalue weighted by molar-refractivity contribution is 0.0193. The predicted molar refractivity (Wildman–Crippen MR) is 78.9 cm³/mol. The van der Waals surface area contributed by atoms with Gasteiger partial charge in [0.2, 0.25) is 0 Å². The van der Waals surface area contributed by atoms with Gasteiger partial charge in [-0.3, -0.25) is 0 Å². The molecule has 0 aromatic heterocycles. The normalized spacial score (nSPS) is 21.2. The van der Waals surface area contributed by atoms with E-state index in [-0.39, 0.29) is 5.60 Å². The summed E-state index contributed by atoms with van der Waals surface area (Å²) in [5.41, 5.74) is 0.114. The molecule has 1 saturated carbocycles. The van der Waals surface area contributed by atoms with E-state index >= 15 is 0 Å². The zero-order chi connectivity index (χ0) is 13.2. The van der Waals surface area contributed by atoms with Gasteiger partial charge >= 0.3 is 0 Å². The molecule has 0 aromatic carbocycles. The van der Waals surface area contributed by atoms with Crippen LogP contribution in [-0.2, 0) is 4.43 Å². The second-order valence-corrected chi connectivity index (χ2v) is 11.8. The van der Waals surface area contributed by atoms with Crippen LogP contribution < -0.4 is 0 Å². The van der Waals surface area contributed by atoms with Crippen molar-refractivity contribution < 1.29 is 4.43 Å². The van der Waals surface area contributed by atoms with E-state index in [9.17, 15) is 0 Å². The van der Waals surface area contributed by atoms with Crippen LogP contribution in [0.5, 0.6) is 0 Å². The molecule has 1 fully saturated rings. The van der Waals surface area contributed by atoms with E-state index in [2.05, 4.69) is 46.5 Å². The van der Waals surface area contributed by atoms with Crippen molar-refractivity contribution in [3.8, 4) is 0 Å². The molecule has 1 nitrogen and oxygen atoms in total. The van der Waals surface area contributed by atoms with Gasteiger partial charge in [-0.15, -0.1) is 6.58 Å². The highest BCUT2D eigenvalue weighted by atomic mass is 28.4. The van der Waals surface area contributed by atoms with Crippen molar-refractivity contribution in [3.05, 3.63) is 12.7 Å². The zero-order valence-corrected chi connectivity index (χ0v) is 13.4. The van der Waals surface area contributed by atoms with Gasteiger partial charge in [-0.05, 0) is 37.4 Å². The molecule has 0 atom stereocenters. The SMILES string of the molecule is C=CCC1(O[Si](C)(C)C(C)(C)C)CCCCC1. The highest BCUT2D eigenvalue weighted by Gasteiger charge is 2.44. The van der Waals surface area contributed by atoms with Crippen molar-refractivity contribution >= 4 is 8.32 Å². The minimum absolute atomic E-state index is 0.114. The van der Waals surface area contributed by atoms with Crippen LogP contribution in [0.3, 0.4) is 0 Å². The Hall–Kier alpha value is -0.0831. The fourth-order valence-electron chi connectivity index (χ4n) is 2.50. The third kappa shape index (κ3) is 3.69. The van der Waals surface area contributed by atoms with Crippen LogP contribution in [0.2, 0.25) is 18.1 Å². The van der Waals surface area contributed by atoms with E-state index in [0.717, 1.165) is 6.42 Å². The highest BCUT2D eigenvalue weighted by Crippen LogP contribution is 2.44. The Balaban J connectivity index is 2.82. The largest absolute Gasteiger partial charge is 0.411 e. The lowest BCUT2D eigenvalue weighted by Crippen LogP contribution is -2.50.